The van der Waals surface area contributed by atoms with Crippen LogP contribution in [0.15, 0.2) is 18.2 Å². The van der Waals surface area contributed by atoms with Gasteiger partial charge in [-0.15, -0.1) is 0 Å². The molecule has 3 N–H and O–H groups in total. The molecule has 7 rings (SSSR count). The van der Waals surface area contributed by atoms with Crippen LogP contribution < -0.4 is 25.4 Å². The molecule has 234 valence electrons. The van der Waals surface area contributed by atoms with E-state index in [1.54, 1.807) is 0 Å². The van der Waals surface area contributed by atoms with Crippen molar-refractivity contribution >= 4 is 34.1 Å². The number of hydrogen-bond acceptors (Lipinski definition) is 9. The molecular weight excluding hydrogens is 602 g/mol. The molecule has 3 fully saturated rings. The molecule has 4 aliphatic heterocycles. The van der Waals surface area contributed by atoms with Gasteiger partial charge in [0.2, 0.25) is 0 Å². The molecule has 0 amide bonds. The van der Waals surface area contributed by atoms with Crippen molar-refractivity contribution in [2.24, 2.45) is 0 Å². The quantitative estimate of drug-likeness (QED) is 0.293. The predicted octanol–water partition coefficient (Wildman–Crippen LogP) is 5.13. The molecule has 44 heavy (non-hydrogen) atoms. The summed E-state index contributed by atoms with van der Waals surface area (Å²) in [6, 6.07) is 1.04. The molecule has 6 heterocycles. The van der Waals surface area contributed by atoms with Crippen LogP contribution in [-0.4, -0.2) is 77.4 Å². The summed E-state index contributed by atoms with van der Waals surface area (Å²) in [7, 11) is 0. The van der Waals surface area contributed by atoms with Gasteiger partial charge in [-0.05, 0) is 57.3 Å². The Morgan fingerprint density at radius 3 is 2.84 bits per heavy atom. The van der Waals surface area contributed by atoms with Gasteiger partial charge >= 0.3 is 12.2 Å². The zero-order chi connectivity index (χ0) is 31.0. The van der Waals surface area contributed by atoms with E-state index in [4.69, 9.17) is 31.8 Å². The van der Waals surface area contributed by atoms with Crippen LogP contribution >= 0.6 is 11.6 Å². The maximum Gasteiger partial charge on any atom is 0.418 e. The fourth-order valence-corrected chi connectivity index (χ4v) is 7.67. The van der Waals surface area contributed by atoms with E-state index in [1.165, 1.54) is 6.92 Å². The summed E-state index contributed by atoms with van der Waals surface area (Å²) in [6.07, 6.45) is -1.34. The summed E-state index contributed by atoms with van der Waals surface area (Å²) in [5.41, 5.74) is 3.81. The van der Waals surface area contributed by atoms with Gasteiger partial charge in [0.1, 0.15) is 30.4 Å². The number of benzene rings is 1. The Bertz CT molecular complexity index is 1680. The molecular formula is C30H32ClF4N7O2. The minimum atomic E-state index is -4.87. The van der Waals surface area contributed by atoms with Gasteiger partial charge in [0.25, 0.3) is 0 Å². The van der Waals surface area contributed by atoms with E-state index in [0.717, 1.165) is 57.0 Å². The number of rotatable bonds is 5. The van der Waals surface area contributed by atoms with Crippen molar-refractivity contribution in [3.05, 3.63) is 40.2 Å². The summed E-state index contributed by atoms with van der Waals surface area (Å²) < 4.78 is 72.2. The van der Waals surface area contributed by atoms with Crippen LogP contribution in [-0.2, 0) is 6.18 Å². The Morgan fingerprint density at radius 2 is 2.09 bits per heavy atom. The number of nitrogens with zero attached hydrogens (tertiary/aromatic N) is 5. The minimum Gasteiger partial charge on any atom is -0.489 e. The Balaban J connectivity index is 1.44. The number of halogens is 5. The molecule has 0 aliphatic carbocycles. The van der Waals surface area contributed by atoms with Gasteiger partial charge < -0.3 is 25.4 Å². The summed E-state index contributed by atoms with van der Waals surface area (Å²) in [5, 5.41) is 3.16. The lowest BCUT2D eigenvalue weighted by molar-refractivity contribution is -0.137. The smallest absolute Gasteiger partial charge is 0.418 e. The SMILES string of the molecule is C=C1CN2CCC[C@@]2(COc2nc3c4c(c(Cl)c(-c5nc(N)cc(C)c5C(F)(F)F)c(F)c4n2)OCCN3[C@@H]2CCNC2)C1. The summed E-state index contributed by atoms with van der Waals surface area (Å²) >= 11 is 6.76. The molecule has 3 aromatic rings. The monoisotopic (exact) mass is 633 g/mol. The molecule has 3 saturated heterocycles. The molecule has 9 nitrogen and oxygen atoms in total. The van der Waals surface area contributed by atoms with Gasteiger partial charge in [-0.1, -0.05) is 23.8 Å². The highest BCUT2D eigenvalue weighted by Gasteiger charge is 2.47. The first-order valence-corrected chi connectivity index (χ1v) is 15.1. The van der Waals surface area contributed by atoms with E-state index in [-0.39, 0.29) is 63.9 Å². The van der Waals surface area contributed by atoms with Crippen LogP contribution in [0.25, 0.3) is 22.2 Å². The van der Waals surface area contributed by atoms with Crippen molar-refractivity contribution in [3.8, 4) is 23.0 Å². The number of hydrogen-bond donors (Lipinski definition) is 2. The van der Waals surface area contributed by atoms with Crippen LogP contribution in [0.3, 0.4) is 0 Å². The van der Waals surface area contributed by atoms with Gasteiger partial charge in [0.05, 0.1) is 39.3 Å². The normalized spacial score (nSPS) is 23.7. The first kappa shape index (κ1) is 29.3. The lowest BCUT2D eigenvalue weighted by Gasteiger charge is -2.31. The van der Waals surface area contributed by atoms with Crippen molar-refractivity contribution < 1.29 is 27.0 Å². The third-order valence-corrected chi connectivity index (χ3v) is 9.59. The van der Waals surface area contributed by atoms with Crippen molar-refractivity contribution in [1.29, 1.82) is 0 Å². The first-order chi connectivity index (χ1) is 21.0. The van der Waals surface area contributed by atoms with Gasteiger partial charge in [0, 0.05) is 19.1 Å². The number of anilines is 2. The molecule has 0 radical (unpaired) electrons. The number of nitrogens with two attached hydrogens (primary N) is 1. The summed E-state index contributed by atoms with van der Waals surface area (Å²) in [6.45, 7) is 9.40. The fraction of sp³-hybridized carbons (Fsp3) is 0.500. The summed E-state index contributed by atoms with van der Waals surface area (Å²) in [4.78, 5) is 17.6. The van der Waals surface area contributed by atoms with Gasteiger partial charge in [-0.25, -0.2) is 9.37 Å². The number of pyridine rings is 1. The zero-order valence-corrected chi connectivity index (χ0v) is 24.9. The molecule has 0 saturated carbocycles. The van der Waals surface area contributed by atoms with Crippen molar-refractivity contribution in [2.45, 2.75) is 50.4 Å². The second-order valence-electron chi connectivity index (χ2n) is 12.1. The zero-order valence-electron chi connectivity index (χ0n) is 24.2. The Hall–Kier alpha value is -3.42. The van der Waals surface area contributed by atoms with E-state index in [0.29, 0.717) is 18.9 Å². The van der Waals surface area contributed by atoms with Crippen LogP contribution in [0.2, 0.25) is 5.02 Å². The molecule has 2 atom stereocenters. The Morgan fingerprint density at radius 1 is 1.27 bits per heavy atom. The highest BCUT2D eigenvalue weighted by atomic mass is 35.5. The van der Waals surface area contributed by atoms with E-state index in [2.05, 4.69) is 26.8 Å². The second-order valence-corrected chi connectivity index (χ2v) is 12.5. The summed E-state index contributed by atoms with van der Waals surface area (Å²) in [5.74, 6) is -0.938. The molecule has 0 bridgehead atoms. The molecule has 2 aromatic heterocycles. The average molecular weight is 634 g/mol. The predicted molar refractivity (Wildman–Crippen MR) is 159 cm³/mol. The molecule has 1 aromatic carbocycles. The number of nitrogen functional groups attached to an aromatic ring is 1. The average Bonchev–Trinajstić information content (AvgIpc) is 3.64. The van der Waals surface area contributed by atoms with Gasteiger partial charge in [-0.2, -0.15) is 23.1 Å². The molecule has 4 aliphatic rings. The maximum atomic E-state index is 16.8. The van der Waals surface area contributed by atoms with Crippen LogP contribution in [0.5, 0.6) is 11.8 Å². The largest absolute Gasteiger partial charge is 0.489 e. The highest BCUT2D eigenvalue weighted by molar-refractivity contribution is 6.36. The molecule has 0 spiro atoms. The third-order valence-electron chi connectivity index (χ3n) is 9.23. The number of aromatic nitrogens is 3. The van der Waals surface area contributed by atoms with Crippen LogP contribution in [0.1, 0.15) is 36.8 Å². The maximum absolute atomic E-state index is 16.8. The Kier molecular flexibility index (Phi) is 7.05. The molecule has 0 unspecified atom stereocenters. The van der Waals surface area contributed by atoms with Crippen molar-refractivity contribution in [1.82, 2.24) is 25.2 Å². The van der Waals surface area contributed by atoms with Gasteiger partial charge in [-0.3, -0.25) is 4.90 Å². The van der Waals surface area contributed by atoms with Crippen molar-refractivity contribution in [3.63, 3.8) is 0 Å². The third kappa shape index (κ3) is 4.71. The van der Waals surface area contributed by atoms with Crippen LogP contribution in [0.4, 0.5) is 29.2 Å². The Labute approximate surface area is 256 Å². The fourth-order valence-electron chi connectivity index (χ4n) is 7.35. The van der Waals surface area contributed by atoms with Crippen molar-refractivity contribution in [2.75, 3.05) is 56.6 Å². The number of alkyl halides is 3. The molecule has 14 heteroatoms. The minimum absolute atomic E-state index is 0.00395. The number of fused-ring (bicyclic) bond motifs is 1. The second kappa shape index (κ2) is 10.6. The number of aryl methyl sites for hydroxylation is 1. The van der Waals surface area contributed by atoms with Gasteiger partial charge in [0.15, 0.2) is 11.6 Å². The topological polar surface area (TPSA) is 102 Å². The van der Waals surface area contributed by atoms with E-state index in [1.807, 2.05) is 4.90 Å². The number of nitrogens with one attached hydrogen (secondary N) is 1. The van der Waals surface area contributed by atoms with E-state index in [9.17, 15) is 13.2 Å². The van der Waals surface area contributed by atoms with Crippen LogP contribution in [0, 0.1) is 12.7 Å². The lowest BCUT2D eigenvalue weighted by atomic mass is 9.94. The van der Waals surface area contributed by atoms with E-state index < -0.39 is 28.8 Å². The highest BCUT2D eigenvalue weighted by Crippen LogP contribution is 2.50. The standard InChI is InChI=1S/C30H32ClF4N7O2/c1-15-11-29(5-3-7-41(29)13-15)14-44-28-39-25-20-26(43-9-8-42(27(20)40-28)17-4-6-37-12-17)22(31)19(23(25)32)24-21(30(33,34)35)16(2)10-18(36)38-24/h10,17,37H,1,3-9,11-14H2,2H3,(H2,36,38)/t17-,29+/m1/s1. The lowest BCUT2D eigenvalue weighted by Crippen LogP contribution is -2.43. The first-order valence-electron chi connectivity index (χ1n) is 14.7. The van der Waals surface area contributed by atoms with E-state index >= 15 is 4.39 Å². The number of ether oxygens (including phenoxy) is 2.